The molecule has 1 heterocycles. The van der Waals surface area contributed by atoms with Crippen molar-refractivity contribution in [2.45, 2.75) is 0 Å². The first-order chi connectivity index (χ1) is 14.0. The topological polar surface area (TPSA) is 120 Å². The van der Waals surface area contributed by atoms with Crippen LogP contribution in [0.1, 0.15) is 16.1 Å². The number of carboxylic acids is 1. The molecule has 2 aromatic carbocycles. The molecular formula is C20H18N2O7. The highest BCUT2D eigenvalue weighted by atomic mass is 16.5. The summed E-state index contributed by atoms with van der Waals surface area (Å²) in [5.41, 5.74) is 3.47. The SMILES string of the molecule is COc1cc(/C=N\NC(=O)c2cc3cccc(OC)c3o2)ccc1OCC(=O)O. The first kappa shape index (κ1) is 19.7. The van der Waals surface area contributed by atoms with E-state index in [0.29, 0.717) is 22.6 Å². The summed E-state index contributed by atoms with van der Waals surface area (Å²) < 4.78 is 21.1. The van der Waals surface area contributed by atoms with Gasteiger partial charge < -0.3 is 23.7 Å². The van der Waals surface area contributed by atoms with Gasteiger partial charge in [-0.15, -0.1) is 0 Å². The minimum absolute atomic E-state index is 0.0941. The molecule has 1 aromatic heterocycles. The van der Waals surface area contributed by atoms with Crippen LogP contribution in [0.3, 0.4) is 0 Å². The Bertz CT molecular complexity index is 1070. The molecule has 0 aliphatic carbocycles. The van der Waals surface area contributed by atoms with Gasteiger partial charge in [0.15, 0.2) is 35.2 Å². The second-order valence-electron chi connectivity index (χ2n) is 5.78. The van der Waals surface area contributed by atoms with Crippen LogP contribution >= 0.6 is 0 Å². The maximum Gasteiger partial charge on any atom is 0.341 e. The molecule has 2 N–H and O–H groups in total. The van der Waals surface area contributed by atoms with Crippen LogP contribution in [-0.2, 0) is 4.79 Å². The highest BCUT2D eigenvalue weighted by Gasteiger charge is 2.14. The van der Waals surface area contributed by atoms with Crippen molar-refractivity contribution in [1.82, 2.24) is 5.43 Å². The Morgan fingerprint density at radius 3 is 2.62 bits per heavy atom. The summed E-state index contributed by atoms with van der Waals surface area (Å²) in [5.74, 6) is -0.367. The number of ether oxygens (including phenoxy) is 3. The van der Waals surface area contributed by atoms with Crippen molar-refractivity contribution < 1.29 is 33.3 Å². The van der Waals surface area contributed by atoms with Crippen molar-refractivity contribution in [3.63, 3.8) is 0 Å². The fourth-order valence-corrected chi connectivity index (χ4v) is 2.55. The zero-order valence-electron chi connectivity index (χ0n) is 15.7. The number of rotatable bonds is 8. The molecule has 1 amide bonds. The minimum Gasteiger partial charge on any atom is -0.493 e. The molecule has 0 aliphatic rings. The van der Waals surface area contributed by atoms with Gasteiger partial charge >= 0.3 is 11.9 Å². The molecule has 0 atom stereocenters. The first-order valence-electron chi connectivity index (χ1n) is 8.44. The summed E-state index contributed by atoms with van der Waals surface area (Å²) in [7, 11) is 2.95. The van der Waals surface area contributed by atoms with Crippen LogP contribution in [0.25, 0.3) is 11.0 Å². The lowest BCUT2D eigenvalue weighted by Gasteiger charge is -2.09. The molecule has 29 heavy (non-hydrogen) atoms. The van der Waals surface area contributed by atoms with Crippen molar-refractivity contribution in [2.75, 3.05) is 20.8 Å². The second-order valence-corrected chi connectivity index (χ2v) is 5.78. The number of furan rings is 1. The van der Waals surface area contributed by atoms with Gasteiger partial charge in [-0.2, -0.15) is 5.10 Å². The normalized spacial score (nSPS) is 10.8. The maximum atomic E-state index is 12.3. The molecule has 3 aromatic rings. The molecule has 0 fully saturated rings. The van der Waals surface area contributed by atoms with Crippen LogP contribution in [-0.4, -0.2) is 44.0 Å². The zero-order chi connectivity index (χ0) is 20.8. The van der Waals surface area contributed by atoms with E-state index in [1.54, 1.807) is 36.4 Å². The van der Waals surface area contributed by atoms with Gasteiger partial charge in [0, 0.05) is 5.39 Å². The molecule has 0 unspecified atom stereocenters. The fraction of sp³-hybridized carbons (Fsp3) is 0.150. The van der Waals surface area contributed by atoms with Crippen LogP contribution in [0.15, 0.2) is 52.0 Å². The van der Waals surface area contributed by atoms with E-state index in [-0.39, 0.29) is 11.5 Å². The number of nitrogens with zero attached hydrogens (tertiary/aromatic N) is 1. The second kappa shape index (κ2) is 8.79. The number of hydrogen-bond acceptors (Lipinski definition) is 7. The molecule has 0 spiro atoms. The minimum atomic E-state index is -1.09. The largest absolute Gasteiger partial charge is 0.493 e. The number of amides is 1. The zero-order valence-corrected chi connectivity index (χ0v) is 15.7. The summed E-state index contributed by atoms with van der Waals surface area (Å²) in [6, 6.07) is 11.7. The Labute approximate surface area is 165 Å². The average Bonchev–Trinajstić information content (AvgIpc) is 3.17. The van der Waals surface area contributed by atoms with Gasteiger partial charge in [-0.25, -0.2) is 10.2 Å². The summed E-state index contributed by atoms with van der Waals surface area (Å²) >= 11 is 0. The van der Waals surface area contributed by atoms with Gasteiger partial charge in [-0.1, -0.05) is 12.1 Å². The van der Waals surface area contributed by atoms with Crippen molar-refractivity contribution in [1.29, 1.82) is 0 Å². The molecule has 0 aliphatic heterocycles. The van der Waals surface area contributed by atoms with Gasteiger partial charge in [-0.3, -0.25) is 4.79 Å². The number of hydrogen-bond donors (Lipinski definition) is 2. The quantitative estimate of drug-likeness (QED) is 0.442. The van der Waals surface area contributed by atoms with Crippen molar-refractivity contribution in [3.8, 4) is 17.2 Å². The van der Waals surface area contributed by atoms with Crippen molar-refractivity contribution in [3.05, 3.63) is 53.8 Å². The Kier molecular flexibility index (Phi) is 5.98. The molecule has 0 saturated heterocycles. The number of para-hydroxylation sites is 1. The molecular weight excluding hydrogens is 380 g/mol. The summed E-state index contributed by atoms with van der Waals surface area (Å²) in [4.78, 5) is 22.9. The van der Waals surface area contributed by atoms with Gasteiger partial charge in [0.05, 0.1) is 20.4 Å². The van der Waals surface area contributed by atoms with Gasteiger partial charge in [0.1, 0.15) is 0 Å². The summed E-state index contributed by atoms with van der Waals surface area (Å²) in [6.45, 7) is -0.484. The lowest BCUT2D eigenvalue weighted by atomic mass is 10.2. The smallest absolute Gasteiger partial charge is 0.341 e. The van der Waals surface area contributed by atoms with Crippen molar-refractivity contribution >= 4 is 29.1 Å². The average molecular weight is 398 g/mol. The van der Waals surface area contributed by atoms with Crippen LogP contribution in [0.5, 0.6) is 17.2 Å². The Morgan fingerprint density at radius 2 is 1.90 bits per heavy atom. The number of methoxy groups -OCH3 is 2. The van der Waals surface area contributed by atoms with Gasteiger partial charge in [0.25, 0.3) is 0 Å². The highest BCUT2D eigenvalue weighted by molar-refractivity contribution is 5.97. The Morgan fingerprint density at radius 1 is 1.10 bits per heavy atom. The molecule has 3 rings (SSSR count). The third-order valence-corrected chi connectivity index (χ3v) is 3.87. The number of nitrogens with one attached hydrogen (secondary N) is 1. The Hall–Kier alpha value is -4.01. The number of carbonyl (C=O) groups is 2. The fourth-order valence-electron chi connectivity index (χ4n) is 2.55. The van der Waals surface area contributed by atoms with E-state index >= 15 is 0 Å². The third-order valence-electron chi connectivity index (χ3n) is 3.87. The van der Waals surface area contributed by atoms with E-state index in [0.717, 1.165) is 5.39 Å². The lowest BCUT2D eigenvalue weighted by molar-refractivity contribution is -0.139. The summed E-state index contributed by atoms with van der Waals surface area (Å²) in [6.07, 6.45) is 1.41. The highest BCUT2D eigenvalue weighted by Crippen LogP contribution is 2.29. The molecule has 0 bridgehead atoms. The van der Waals surface area contributed by atoms with Crippen LogP contribution in [0, 0.1) is 0 Å². The standard InChI is InChI=1S/C20H18N2O7/c1-26-15-5-3-4-13-9-17(29-19(13)15)20(25)22-21-10-12-6-7-14(16(8-12)27-2)28-11-18(23)24/h3-10H,11H2,1-2H3,(H,22,25)(H,23,24)/b21-10-. The maximum absolute atomic E-state index is 12.3. The van der Waals surface area contributed by atoms with E-state index < -0.39 is 18.5 Å². The van der Waals surface area contributed by atoms with Crippen LogP contribution in [0.2, 0.25) is 0 Å². The number of carboxylic acid groups (broad SMARTS) is 1. The number of fused-ring (bicyclic) bond motifs is 1. The first-order valence-corrected chi connectivity index (χ1v) is 8.44. The van der Waals surface area contributed by atoms with Crippen molar-refractivity contribution in [2.24, 2.45) is 5.10 Å². The van der Waals surface area contributed by atoms with E-state index in [1.165, 1.54) is 20.4 Å². The molecule has 0 saturated carbocycles. The van der Waals surface area contributed by atoms with Gasteiger partial charge in [0.2, 0.25) is 0 Å². The molecule has 0 radical (unpaired) electrons. The molecule has 9 nitrogen and oxygen atoms in total. The number of hydrazone groups is 1. The summed E-state index contributed by atoms with van der Waals surface area (Å²) in [5, 5.41) is 13.3. The molecule has 150 valence electrons. The predicted molar refractivity (Wildman–Crippen MR) is 104 cm³/mol. The Balaban J connectivity index is 1.69. The third kappa shape index (κ3) is 4.64. The number of carbonyl (C=O) groups excluding carboxylic acids is 1. The van der Waals surface area contributed by atoms with E-state index in [4.69, 9.17) is 23.7 Å². The lowest BCUT2D eigenvalue weighted by Crippen LogP contribution is -2.16. The number of benzene rings is 2. The molecule has 9 heteroatoms. The predicted octanol–water partition coefficient (Wildman–Crippen LogP) is 2.68. The monoisotopic (exact) mass is 398 g/mol. The van der Waals surface area contributed by atoms with E-state index in [1.807, 2.05) is 6.07 Å². The van der Waals surface area contributed by atoms with E-state index in [9.17, 15) is 9.59 Å². The van der Waals surface area contributed by atoms with Crippen LogP contribution in [0.4, 0.5) is 0 Å². The van der Waals surface area contributed by atoms with E-state index in [2.05, 4.69) is 10.5 Å². The number of aliphatic carboxylic acids is 1. The van der Waals surface area contributed by atoms with Crippen LogP contribution < -0.4 is 19.6 Å². The van der Waals surface area contributed by atoms with Gasteiger partial charge in [-0.05, 0) is 35.9 Å².